The van der Waals surface area contributed by atoms with Gasteiger partial charge < -0.3 is 0 Å². The van der Waals surface area contributed by atoms with Gasteiger partial charge in [-0.2, -0.15) is 4.99 Å². The molecule has 0 N–H and O–H groups in total. The Balaban J connectivity index is 3.58. The highest BCUT2D eigenvalue weighted by Gasteiger charge is 1.77. The molecule has 38 valence electrons. The predicted octanol–water partition coefficient (Wildman–Crippen LogP) is 1.25. The molecule has 0 unspecified atom stereocenters. The van der Waals surface area contributed by atoms with Crippen molar-refractivity contribution in [3.8, 4) is 0 Å². The zero-order valence-electron chi connectivity index (χ0n) is 4.27. The molecule has 0 saturated carbocycles. The Morgan fingerprint density at radius 3 is 2.71 bits per heavy atom. The number of aliphatic imine (C=N–C) groups is 1. The molecule has 7 heavy (non-hydrogen) atoms. The number of rotatable bonds is 2. The van der Waals surface area contributed by atoms with E-state index in [9.17, 15) is 4.79 Å². The Hall–Kier alpha value is -0.880. The van der Waals surface area contributed by atoms with Crippen LogP contribution >= 0.6 is 0 Å². The highest BCUT2D eigenvalue weighted by atomic mass is 16.1. The van der Waals surface area contributed by atoms with Crippen molar-refractivity contribution < 1.29 is 4.79 Å². The van der Waals surface area contributed by atoms with E-state index in [1.807, 2.05) is 6.92 Å². The van der Waals surface area contributed by atoms with E-state index in [2.05, 4.69) is 11.6 Å². The molecule has 0 spiro atoms. The Kier molecular flexibility index (Phi) is 2.90. The monoisotopic (exact) mass is 97.1 g/mol. The largest absolute Gasteiger partial charge is 0.240 e. The second-order valence-electron chi connectivity index (χ2n) is 1.12. The van der Waals surface area contributed by atoms with Crippen LogP contribution in [0.5, 0.6) is 0 Å². The summed E-state index contributed by atoms with van der Waals surface area (Å²) in [4.78, 5) is 12.7. The molecule has 0 atom stereocenters. The molecule has 0 aromatic rings. The zero-order chi connectivity index (χ0) is 5.70. The first-order chi connectivity index (χ1) is 3.31. The summed E-state index contributed by atoms with van der Waals surface area (Å²) in [5, 5.41) is 0. The molecule has 0 aromatic heterocycles. The summed E-state index contributed by atoms with van der Waals surface area (Å²) < 4.78 is 0. The van der Waals surface area contributed by atoms with Crippen LogP contribution in [-0.4, -0.2) is 6.08 Å². The Labute approximate surface area is 42.6 Å². The molecule has 0 heterocycles. The van der Waals surface area contributed by atoms with Crippen molar-refractivity contribution in [2.45, 2.75) is 13.3 Å². The number of allylic oxidation sites excluding steroid dienone is 1. The van der Waals surface area contributed by atoms with E-state index in [1.54, 1.807) is 0 Å². The summed E-state index contributed by atoms with van der Waals surface area (Å²) in [6.45, 7) is 5.31. The number of hydrogen-bond donors (Lipinski definition) is 0. The predicted molar refractivity (Wildman–Crippen MR) is 27.6 cm³/mol. The average Bonchev–Trinajstić information content (AvgIpc) is 1.68. The number of hydrogen-bond acceptors (Lipinski definition) is 2. The van der Waals surface area contributed by atoms with Crippen molar-refractivity contribution in [1.29, 1.82) is 0 Å². The molecule has 0 radical (unpaired) electrons. The van der Waals surface area contributed by atoms with E-state index in [-0.39, 0.29) is 0 Å². The fraction of sp³-hybridized carbons (Fsp3) is 0.400. The van der Waals surface area contributed by atoms with E-state index in [4.69, 9.17) is 0 Å². The Bertz CT molecular complexity index is 111. The van der Waals surface area contributed by atoms with Crippen LogP contribution in [0.4, 0.5) is 0 Å². The number of isocyanates is 1. The van der Waals surface area contributed by atoms with Gasteiger partial charge in [-0.3, -0.25) is 0 Å². The maximum Gasteiger partial charge on any atom is 0.240 e. The van der Waals surface area contributed by atoms with E-state index in [1.165, 1.54) is 6.08 Å². The van der Waals surface area contributed by atoms with Gasteiger partial charge in [-0.25, -0.2) is 4.79 Å². The van der Waals surface area contributed by atoms with Crippen molar-refractivity contribution in [1.82, 2.24) is 0 Å². The van der Waals surface area contributed by atoms with Gasteiger partial charge in [0.2, 0.25) is 6.08 Å². The van der Waals surface area contributed by atoms with Gasteiger partial charge in [0.05, 0.1) is 0 Å². The summed E-state index contributed by atoms with van der Waals surface area (Å²) in [7, 11) is 0. The van der Waals surface area contributed by atoms with Gasteiger partial charge in [-0.15, -0.1) is 0 Å². The third-order valence-corrected chi connectivity index (χ3v) is 0.612. The van der Waals surface area contributed by atoms with Gasteiger partial charge in [0.25, 0.3) is 0 Å². The van der Waals surface area contributed by atoms with Gasteiger partial charge in [0.15, 0.2) is 0 Å². The van der Waals surface area contributed by atoms with Crippen LogP contribution in [0.25, 0.3) is 0 Å². The molecule has 0 amide bonds. The highest BCUT2D eigenvalue weighted by molar-refractivity contribution is 5.36. The summed E-state index contributed by atoms with van der Waals surface area (Å²) in [6, 6.07) is 0. The van der Waals surface area contributed by atoms with Gasteiger partial charge in [-0.1, -0.05) is 13.5 Å². The van der Waals surface area contributed by atoms with Crippen molar-refractivity contribution >= 4 is 6.08 Å². The molecule has 0 saturated heterocycles. The third-order valence-electron chi connectivity index (χ3n) is 0.612. The third kappa shape index (κ3) is 2.94. The molecule has 0 fully saturated rings. The van der Waals surface area contributed by atoms with Crippen molar-refractivity contribution in [2.24, 2.45) is 4.99 Å². The summed E-state index contributed by atoms with van der Waals surface area (Å²) >= 11 is 0. The maximum absolute atomic E-state index is 9.42. The van der Waals surface area contributed by atoms with Crippen molar-refractivity contribution in [3.05, 3.63) is 12.3 Å². The van der Waals surface area contributed by atoms with Crippen LogP contribution in [0.1, 0.15) is 13.3 Å². The smallest absolute Gasteiger partial charge is 0.211 e. The fourth-order valence-corrected chi connectivity index (χ4v) is 0.144. The van der Waals surface area contributed by atoms with Gasteiger partial charge in [0.1, 0.15) is 0 Å². The normalized spacial score (nSPS) is 7.00. The van der Waals surface area contributed by atoms with E-state index in [0.717, 1.165) is 6.42 Å². The maximum atomic E-state index is 9.42. The molecule has 2 nitrogen and oxygen atoms in total. The van der Waals surface area contributed by atoms with Crippen molar-refractivity contribution in [2.75, 3.05) is 0 Å². The lowest BCUT2D eigenvalue weighted by molar-refractivity contribution is 0.564. The van der Waals surface area contributed by atoms with Crippen LogP contribution < -0.4 is 0 Å². The minimum Gasteiger partial charge on any atom is -0.211 e. The van der Waals surface area contributed by atoms with Crippen LogP contribution in [0.15, 0.2) is 17.3 Å². The van der Waals surface area contributed by atoms with Gasteiger partial charge in [-0.05, 0) is 6.42 Å². The topological polar surface area (TPSA) is 29.4 Å². The molecule has 0 aliphatic carbocycles. The highest BCUT2D eigenvalue weighted by Crippen LogP contribution is 1.93. The molecular weight excluding hydrogens is 90.1 g/mol. The number of carbonyl (C=O) groups excluding carboxylic acids is 1. The SMILES string of the molecule is C=C(CC)N=C=O. The minimum atomic E-state index is 0.579. The first-order valence-corrected chi connectivity index (χ1v) is 2.07. The lowest BCUT2D eigenvalue weighted by Gasteiger charge is -1.81. The molecule has 0 bridgehead atoms. The second kappa shape index (κ2) is 3.32. The van der Waals surface area contributed by atoms with Crippen LogP contribution in [0.2, 0.25) is 0 Å². The number of nitrogens with zero attached hydrogens (tertiary/aromatic N) is 1. The molecule has 0 aliphatic heterocycles. The summed E-state index contributed by atoms with van der Waals surface area (Å²) in [6.07, 6.45) is 2.11. The zero-order valence-corrected chi connectivity index (χ0v) is 4.27. The lowest BCUT2D eigenvalue weighted by Crippen LogP contribution is -1.66. The lowest BCUT2D eigenvalue weighted by atomic mass is 10.4. The molecule has 0 rings (SSSR count). The fourth-order valence-electron chi connectivity index (χ4n) is 0.144. The van der Waals surface area contributed by atoms with Gasteiger partial charge in [0, 0.05) is 5.70 Å². The van der Waals surface area contributed by atoms with Crippen LogP contribution in [0, 0.1) is 0 Å². The first-order valence-electron chi connectivity index (χ1n) is 2.07. The summed E-state index contributed by atoms with van der Waals surface area (Å²) in [5.74, 6) is 0. The van der Waals surface area contributed by atoms with Crippen LogP contribution in [-0.2, 0) is 4.79 Å². The quantitative estimate of drug-likeness (QED) is 0.376. The molecule has 0 aromatic carbocycles. The van der Waals surface area contributed by atoms with Crippen molar-refractivity contribution in [3.63, 3.8) is 0 Å². The summed E-state index contributed by atoms with van der Waals surface area (Å²) in [5.41, 5.74) is 0.579. The molecular formula is C5H7NO. The standard InChI is InChI=1S/C5H7NO/c1-3-5(2)6-4-7/h2-3H2,1H3. The molecule has 2 heteroatoms. The minimum absolute atomic E-state index is 0.579. The van der Waals surface area contributed by atoms with Gasteiger partial charge >= 0.3 is 0 Å². The molecule has 0 aliphatic rings. The van der Waals surface area contributed by atoms with Crippen LogP contribution in [0.3, 0.4) is 0 Å². The van der Waals surface area contributed by atoms with E-state index >= 15 is 0 Å². The Morgan fingerprint density at radius 1 is 2.00 bits per heavy atom. The van der Waals surface area contributed by atoms with E-state index in [0.29, 0.717) is 5.70 Å². The average molecular weight is 97.1 g/mol. The van der Waals surface area contributed by atoms with E-state index < -0.39 is 0 Å². The second-order valence-corrected chi connectivity index (χ2v) is 1.12. The Morgan fingerprint density at radius 2 is 2.57 bits per heavy atom. The first kappa shape index (κ1) is 6.12.